The third kappa shape index (κ3) is 5.70. The van der Waals surface area contributed by atoms with Gasteiger partial charge in [-0.05, 0) is 48.1 Å². The molecule has 1 aliphatic rings. The highest BCUT2D eigenvalue weighted by Gasteiger charge is 2.23. The summed E-state index contributed by atoms with van der Waals surface area (Å²) < 4.78 is 30.0. The Morgan fingerprint density at radius 1 is 1.31 bits per heavy atom. The van der Waals surface area contributed by atoms with Gasteiger partial charge >= 0.3 is 13.1 Å². The zero-order valence-electron chi connectivity index (χ0n) is 19.0. The van der Waals surface area contributed by atoms with Crippen LogP contribution >= 0.6 is 0 Å². The number of carbonyl (C=O) groups excluding carboxylic acids is 1. The minimum Gasteiger partial charge on any atom is -0.481 e. The second-order valence-electron chi connectivity index (χ2n) is 7.90. The summed E-state index contributed by atoms with van der Waals surface area (Å²) in [5.74, 6) is 1.59. The predicted octanol–water partition coefficient (Wildman–Crippen LogP) is 2.15. The topological polar surface area (TPSA) is 162 Å². The van der Waals surface area contributed by atoms with E-state index in [1.165, 1.54) is 30.1 Å². The zero-order valence-corrected chi connectivity index (χ0v) is 19.8. The summed E-state index contributed by atoms with van der Waals surface area (Å²) in [6.45, 7) is 0.175. The average Bonchev–Trinajstić information content (AvgIpc) is 3.49. The molecule has 2 aromatic heterocycles. The van der Waals surface area contributed by atoms with Crippen LogP contribution in [0.4, 0.5) is 10.5 Å². The number of rotatable bonds is 8. The van der Waals surface area contributed by atoms with Gasteiger partial charge in [-0.25, -0.2) is 23.5 Å². The SMILES string of the molecule is COc1cc(-c2ccc3c(c2NC(=O)NS(=N)(=O)c2ccn(C/C=C/B(O)O)n2)CCC3)ccn1. The van der Waals surface area contributed by atoms with E-state index in [0.29, 0.717) is 11.6 Å². The van der Waals surface area contributed by atoms with E-state index in [2.05, 4.69) is 20.1 Å². The van der Waals surface area contributed by atoms with Gasteiger partial charge in [-0.15, -0.1) is 0 Å². The first-order valence-electron chi connectivity index (χ1n) is 10.9. The Morgan fingerprint density at radius 2 is 2.14 bits per heavy atom. The van der Waals surface area contributed by atoms with Crippen LogP contribution in [0.1, 0.15) is 17.5 Å². The van der Waals surface area contributed by atoms with E-state index < -0.39 is 23.1 Å². The molecule has 5 N–H and O–H groups in total. The number of nitrogens with zero attached hydrogens (tertiary/aromatic N) is 3. The maximum absolute atomic E-state index is 13.0. The van der Waals surface area contributed by atoms with Gasteiger partial charge in [0.1, 0.15) is 0 Å². The standard InChI is InChI=1S/C22H25BN6O5S/c1-34-19-14-16(8-11-25-19)18-7-6-15-4-2-5-17(15)21(18)26-22(30)28-35(24,33)20-9-13-29(27-20)12-3-10-23(31)32/h3,6-11,13-14,31-32H,2,4-5,12H2,1H3,(H3,24,26,28,30,33)/b10-3+. The number of pyridine rings is 1. The average molecular weight is 496 g/mol. The lowest BCUT2D eigenvalue weighted by Gasteiger charge is -2.17. The van der Waals surface area contributed by atoms with Crippen LogP contribution in [0.5, 0.6) is 5.88 Å². The van der Waals surface area contributed by atoms with Crippen molar-refractivity contribution in [1.29, 1.82) is 4.78 Å². The Kier molecular flexibility index (Phi) is 7.19. The largest absolute Gasteiger partial charge is 0.481 e. The molecule has 0 saturated heterocycles. The number of aryl methyl sites for hydroxylation is 1. The van der Waals surface area contributed by atoms with Crippen molar-refractivity contribution in [1.82, 2.24) is 19.5 Å². The predicted molar refractivity (Wildman–Crippen MR) is 131 cm³/mol. The van der Waals surface area contributed by atoms with Crippen molar-refractivity contribution in [3.63, 3.8) is 0 Å². The van der Waals surface area contributed by atoms with Gasteiger partial charge in [-0.3, -0.25) is 4.68 Å². The number of carbonyl (C=O) groups is 1. The minimum absolute atomic E-state index is 0.122. The molecule has 13 heteroatoms. The molecule has 2 amide bonds. The third-order valence-electron chi connectivity index (χ3n) is 5.52. The van der Waals surface area contributed by atoms with Crippen LogP contribution in [-0.4, -0.2) is 49.3 Å². The molecule has 3 aromatic rings. The van der Waals surface area contributed by atoms with Crippen LogP contribution in [0, 0.1) is 4.78 Å². The second-order valence-corrected chi connectivity index (χ2v) is 9.63. The third-order valence-corrected chi connectivity index (χ3v) is 6.80. The number of methoxy groups -OCH3 is 1. The van der Waals surface area contributed by atoms with Gasteiger partial charge in [0.05, 0.1) is 19.3 Å². The first-order valence-corrected chi connectivity index (χ1v) is 12.4. The fraction of sp³-hybridized carbons (Fsp3) is 0.227. The van der Waals surface area contributed by atoms with Gasteiger partial charge in [0.25, 0.3) is 0 Å². The lowest BCUT2D eigenvalue weighted by molar-refractivity contribution is 0.256. The number of hydrogen-bond donors (Lipinski definition) is 5. The molecular formula is C22H25BN6O5S. The summed E-state index contributed by atoms with van der Waals surface area (Å²) in [6.07, 6.45) is 7.21. The van der Waals surface area contributed by atoms with E-state index in [-0.39, 0.29) is 11.6 Å². The molecule has 0 saturated carbocycles. The van der Waals surface area contributed by atoms with E-state index in [1.54, 1.807) is 12.3 Å². The van der Waals surface area contributed by atoms with Crippen molar-refractivity contribution < 1.29 is 23.8 Å². The van der Waals surface area contributed by atoms with Gasteiger partial charge < -0.3 is 20.1 Å². The molecule has 2 heterocycles. The molecule has 35 heavy (non-hydrogen) atoms. The highest BCUT2D eigenvalue weighted by molar-refractivity contribution is 7.91. The first-order chi connectivity index (χ1) is 16.8. The quantitative estimate of drug-likeness (QED) is 0.299. The maximum Gasteiger partial charge on any atom is 0.480 e. The summed E-state index contributed by atoms with van der Waals surface area (Å²) >= 11 is 0. The molecule has 0 fully saturated rings. The fourth-order valence-electron chi connectivity index (χ4n) is 3.95. The normalized spacial score (nSPS) is 14.4. The van der Waals surface area contributed by atoms with E-state index in [0.717, 1.165) is 47.5 Å². The van der Waals surface area contributed by atoms with Gasteiger partial charge in [0.15, 0.2) is 14.9 Å². The van der Waals surface area contributed by atoms with E-state index in [1.807, 2.05) is 18.2 Å². The lowest BCUT2D eigenvalue weighted by atomic mass is 9.92. The minimum atomic E-state index is -3.75. The van der Waals surface area contributed by atoms with Crippen molar-refractivity contribution in [3.05, 3.63) is 65.9 Å². The number of ether oxygens (including phenoxy) is 1. The Labute approximate surface area is 203 Å². The van der Waals surface area contributed by atoms with Crippen LogP contribution in [0.2, 0.25) is 0 Å². The van der Waals surface area contributed by atoms with Crippen molar-refractivity contribution in [3.8, 4) is 17.0 Å². The molecule has 1 aliphatic carbocycles. The van der Waals surface area contributed by atoms with Crippen molar-refractivity contribution >= 4 is 28.8 Å². The number of fused-ring (bicyclic) bond motifs is 1. The number of hydrogen-bond acceptors (Lipinski definition) is 8. The summed E-state index contributed by atoms with van der Waals surface area (Å²) in [4.78, 5) is 17.0. The lowest BCUT2D eigenvalue weighted by Crippen LogP contribution is -2.34. The molecule has 1 atom stereocenters. The molecule has 4 rings (SSSR count). The van der Waals surface area contributed by atoms with E-state index >= 15 is 0 Å². The summed E-state index contributed by atoms with van der Waals surface area (Å²) in [5.41, 5.74) is 4.30. The highest BCUT2D eigenvalue weighted by Crippen LogP contribution is 2.38. The monoisotopic (exact) mass is 496 g/mol. The number of allylic oxidation sites excluding steroid dienone is 1. The molecular weight excluding hydrogens is 471 g/mol. The maximum atomic E-state index is 13.0. The molecule has 0 aliphatic heterocycles. The van der Waals surface area contributed by atoms with Crippen molar-refractivity contribution in [2.45, 2.75) is 30.8 Å². The number of nitrogens with one attached hydrogen (secondary N) is 3. The fourth-order valence-corrected chi connectivity index (χ4v) is 4.84. The van der Waals surface area contributed by atoms with Crippen molar-refractivity contribution in [2.75, 3.05) is 12.4 Å². The van der Waals surface area contributed by atoms with Crippen LogP contribution in [0.25, 0.3) is 11.1 Å². The Bertz CT molecular complexity index is 1370. The molecule has 0 radical (unpaired) electrons. The second kappa shape index (κ2) is 10.3. The molecule has 11 nitrogen and oxygen atoms in total. The van der Waals surface area contributed by atoms with Gasteiger partial charge in [0.2, 0.25) is 5.88 Å². The van der Waals surface area contributed by atoms with Gasteiger partial charge in [-0.2, -0.15) is 5.10 Å². The number of anilines is 1. The summed E-state index contributed by atoms with van der Waals surface area (Å²) in [5, 5.41) is 24.5. The molecule has 0 spiro atoms. The van der Waals surface area contributed by atoms with Crippen LogP contribution in [0.3, 0.4) is 0 Å². The number of benzene rings is 1. The Hall–Kier alpha value is -3.68. The van der Waals surface area contributed by atoms with Gasteiger partial charge in [0, 0.05) is 24.0 Å². The Morgan fingerprint density at radius 3 is 2.91 bits per heavy atom. The van der Waals surface area contributed by atoms with Gasteiger partial charge in [-0.1, -0.05) is 24.2 Å². The smallest absolute Gasteiger partial charge is 0.480 e. The van der Waals surface area contributed by atoms with E-state index in [4.69, 9.17) is 19.6 Å². The molecule has 182 valence electrons. The highest BCUT2D eigenvalue weighted by atomic mass is 32.2. The van der Waals surface area contributed by atoms with Crippen LogP contribution in [-0.2, 0) is 29.3 Å². The van der Waals surface area contributed by atoms with E-state index in [9.17, 15) is 9.00 Å². The number of amides is 2. The number of urea groups is 1. The first kappa shape index (κ1) is 24.4. The Balaban J connectivity index is 1.56. The van der Waals surface area contributed by atoms with Crippen molar-refractivity contribution in [2.24, 2.45) is 0 Å². The zero-order chi connectivity index (χ0) is 25.0. The van der Waals surface area contributed by atoms with Crippen LogP contribution in [0.15, 0.2) is 59.8 Å². The summed E-state index contributed by atoms with van der Waals surface area (Å²) in [7, 11) is -3.81. The summed E-state index contributed by atoms with van der Waals surface area (Å²) in [6, 6.07) is 8.12. The molecule has 1 unspecified atom stereocenters. The molecule has 1 aromatic carbocycles. The molecule has 0 bridgehead atoms. The number of aromatic nitrogens is 3. The van der Waals surface area contributed by atoms with Crippen LogP contribution < -0.4 is 14.8 Å².